The Morgan fingerprint density at radius 3 is 2.86 bits per heavy atom. The Morgan fingerprint density at radius 1 is 1.50 bits per heavy atom. The monoisotopic (exact) mass is 334 g/mol. The van der Waals surface area contributed by atoms with Crippen LogP contribution in [0.5, 0.6) is 0 Å². The molecule has 1 saturated heterocycles. The lowest BCUT2D eigenvalue weighted by atomic mass is 9.97. The molecule has 22 heavy (non-hydrogen) atoms. The van der Waals surface area contributed by atoms with Gasteiger partial charge in [0.15, 0.2) is 0 Å². The molecule has 1 amide bonds. The lowest BCUT2D eigenvalue weighted by Gasteiger charge is -2.35. The number of rotatable bonds is 5. The van der Waals surface area contributed by atoms with Crippen LogP contribution >= 0.6 is 11.3 Å². The third-order valence-corrected chi connectivity index (χ3v) is 4.86. The van der Waals surface area contributed by atoms with Crippen molar-refractivity contribution in [3.05, 3.63) is 22.4 Å². The van der Waals surface area contributed by atoms with Gasteiger partial charge < -0.3 is 4.90 Å². The predicted octanol–water partition coefficient (Wildman–Crippen LogP) is 3.37. The summed E-state index contributed by atoms with van der Waals surface area (Å²) >= 11 is 1.62. The van der Waals surface area contributed by atoms with E-state index >= 15 is 0 Å². The molecule has 0 bridgehead atoms. The highest BCUT2D eigenvalue weighted by Crippen LogP contribution is 2.33. The van der Waals surface area contributed by atoms with Gasteiger partial charge in [0.05, 0.1) is 12.5 Å². The summed E-state index contributed by atoms with van der Waals surface area (Å²) in [6, 6.07) is 3.95. The molecule has 3 nitrogen and oxygen atoms in total. The smallest absolute Gasteiger partial charge is 0.341 e. The highest BCUT2D eigenvalue weighted by atomic mass is 32.1. The number of likely N-dealkylation sites (tertiary alicyclic amines) is 1. The van der Waals surface area contributed by atoms with Gasteiger partial charge in [-0.05, 0) is 30.8 Å². The molecular formula is C15H21F3N2OS. The molecule has 1 aliphatic rings. The molecule has 0 spiro atoms. The Balaban J connectivity index is 1.89. The van der Waals surface area contributed by atoms with E-state index in [1.807, 2.05) is 29.3 Å². The number of halogens is 3. The maximum absolute atomic E-state index is 12.8. The van der Waals surface area contributed by atoms with Crippen LogP contribution in [0.1, 0.15) is 24.6 Å². The summed E-state index contributed by atoms with van der Waals surface area (Å²) < 4.78 is 38.4. The van der Waals surface area contributed by atoms with Crippen molar-refractivity contribution >= 4 is 17.2 Å². The van der Waals surface area contributed by atoms with Crippen molar-refractivity contribution in [2.24, 2.45) is 5.92 Å². The van der Waals surface area contributed by atoms with E-state index in [9.17, 15) is 18.0 Å². The SMILES string of the molecule is CCN(CC(=O)N1CCCC(C(F)(F)F)C1)Cc1cccs1. The van der Waals surface area contributed by atoms with Gasteiger partial charge in [0.2, 0.25) is 5.91 Å². The molecule has 0 aromatic carbocycles. The number of hydrogen-bond donors (Lipinski definition) is 0. The fourth-order valence-electron chi connectivity index (χ4n) is 2.66. The van der Waals surface area contributed by atoms with Gasteiger partial charge in [-0.3, -0.25) is 9.69 Å². The second-order valence-corrected chi connectivity index (χ2v) is 6.64. The average molecular weight is 334 g/mol. The lowest BCUT2D eigenvalue weighted by molar-refractivity contribution is -0.188. The lowest BCUT2D eigenvalue weighted by Crippen LogP contribution is -2.47. The zero-order chi connectivity index (χ0) is 16.2. The summed E-state index contributed by atoms with van der Waals surface area (Å²) in [6.07, 6.45) is -3.66. The first kappa shape index (κ1) is 17.3. The van der Waals surface area contributed by atoms with E-state index < -0.39 is 12.1 Å². The van der Waals surface area contributed by atoms with Crippen LogP contribution in [0.25, 0.3) is 0 Å². The number of hydrogen-bond acceptors (Lipinski definition) is 3. The molecule has 1 fully saturated rings. The number of carbonyl (C=O) groups excluding carboxylic acids is 1. The Morgan fingerprint density at radius 2 is 2.27 bits per heavy atom. The molecule has 1 aliphatic heterocycles. The topological polar surface area (TPSA) is 23.6 Å². The van der Waals surface area contributed by atoms with Gasteiger partial charge in [-0.2, -0.15) is 13.2 Å². The first-order chi connectivity index (χ1) is 10.4. The number of carbonyl (C=O) groups is 1. The number of alkyl halides is 3. The van der Waals surface area contributed by atoms with Crippen LogP contribution in [0.15, 0.2) is 17.5 Å². The van der Waals surface area contributed by atoms with E-state index in [1.54, 1.807) is 11.3 Å². The van der Waals surface area contributed by atoms with Crippen LogP contribution in [0.3, 0.4) is 0 Å². The number of amides is 1. The Hall–Kier alpha value is -1.08. The zero-order valence-corrected chi connectivity index (χ0v) is 13.4. The van der Waals surface area contributed by atoms with Crippen LogP contribution < -0.4 is 0 Å². The molecule has 0 radical (unpaired) electrons. The maximum Gasteiger partial charge on any atom is 0.393 e. The van der Waals surface area contributed by atoms with Crippen molar-refractivity contribution in [1.82, 2.24) is 9.80 Å². The first-order valence-corrected chi connectivity index (χ1v) is 8.37. The van der Waals surface area contributed by atoms with Gasteiger partial charge in [0, 0.05) is 24.5 Å². The largest absolute Gasteiger partial charge is 0.393 e. The van der Waals surface area contributed by atoms with E-state index in [1.165, 1.54) is 4.90 Å². The highest BCUT2D eigenvalue weighted by Gasteiger charge is 2.42. The van der Waals surface area contributed by atoms with Gasteiger partial charge >= 0.3 is 6.18 Å². The van der Waals surface area contributed by atoms with Crippen LogP contribution in [0.2, 0.25) is 0 Å². The molecule has 1 unspecified atom stereocenters. The minimum atomic E-state index is -4.21. The number of nitrogens with zero attached hydrogens (tertiary/aromatic N) is 2. The third-order valence-electron chi connectivity index (χ3n) is 4.00. The number of likely N-dealkylation sites (N-methyl/N-ethyl adjacent to an activating group) is 1. The highest BCUT2D eigenvalue weighted by molar-refractivity contribution is 7.09. The van der Waals surface area contributed by atoms with Crippen LogP contribution in [0.4, 0.5) is 13.2 Å². The predicted molar refractivity (Wildman–Crippen MR) is 80.6 cm³/mol. The zero-order valence-electron chi connectivity index (χ0n) is 12.6. The van der Waals surface area contributed by atoms with E-state index in [-0.39, 0.29) is 25.4 Å². The molecule has 0 N–H and O–H groups in total. The molecule has 1 aromatic heterocycles. The minimum absolute atomic E-state index is 0.125. The van der Waals surface area contributed by atoms with Crippen molar-refractivity contribution in [3.63, 3.8) is 0 Å². The van der Waals surface area contributed by atoms with Crippen molar-refractivity contribution in [3.8, 4) is 0 Å². The second kappa shape index (κ2) is 7.46. The van der Waals surface area contributed by atoms with Gasteiger partial charge in [0.25, 0.3) is 0 Å². The molecule has 1 atom stereocenters. The minimum Gasteiger partial charge on any atom is -0.341 e. The summed E-state index contributed by atoms with van der Waals surface area (Å²) in [5.74, 6) is -1.58. The molecule has 7 heteroatoms. The van der Waals surface area contributed by atoms with Gasteiger partial charge in [-0.25, -0.2) is 0 Å². The standard InChI is InChI=1S/C15H21F3N2OS/c1-2-19(10-13-6-4-8-22-13)11-14(21)20-7-3-5-12(9-20)15(16,17)18/h4,6,8,12H,2-3,5,7,9-11H2,1H3. The molecule has 2 heterocycles. The van der Waals surface area contributed by atoms with E-state index in [2.05, 4.69) is 0 Å². The second-order valence-electron chi connectivity index (χ2n) is 5.60. The van der Waals surface area contributed by atoms with Crippen LogP contribution in [-0.4, -0.2) is 48.1 Å². The van der Waals surface area contributed by atoms with Crippen LogP contribution in [-0.2, 0) is 11.3 Å². The number of piperidine rings is 1. The first-order valence-electron chi connectivity index (χ1n) is 7.49. The Labute approximate surface area is 132 Å². The van der Waals surface area contributed by atoms with E-state index in [0.717, 1.165) is 4.88 Å². The molecule has 0 aliphatic carbocycles. The molecule has 2 rings (SSSR count). The van der Waals surface area contributed by atoms with E-state index in [0.29, 0.717) is 26.1 Å². The van der Waals surface area contributed by atoms with Crippen molar-refractivity contribution in [1.29, 1.82) is 0 Å². The van der Waals surface area contributed by atoms with Gasteiger partial charge in [0.1, 0.15) is 0 Å². The summed E-state index contributed by atoms with van der Waals surface area (Å²) in [7, 11) is 0. The summed E-state index contributed by atoms with van der Waals surface area (Å²) in [4.78, 5) is 16.8. The normalized spacial score (nSPS) is 19.7. The molecule has 1 aromatic rings. The fourth-order valence-corrected chi connectivity index (χ4v) is 3.41. The van der Waals surface area contributed by atoms with Gasteiger partial charge in [-0.1, -0.05) is 13.0 Å². The molecule has 124 valence electrons. The Bertz CT molecular complexity index is 476. The molecule has 0 saturated carbocycles. The van der Waals surface area contributed by atoms with Crippen LogP contribution in [0, 0.1) is 5.92 Å². The fraction of sp³-hybridized carbons (Fsp3) is 0.667. The summed E-state index contributed by atoms with van der Waals surface area (Å²) in [6.45, 7) is 3.73. The van der Waals surface area contributed by atoms with Crippen molar-refractivity contribution < 1.29 is 18.0 Å². The number of thiophene rings is 1. The quantitative estimate of drug-likeness (QED) is 0.824. The summed E-state index contributed by atoms with van der Waals surface area (Å²) in [5, 5.41) is 1.98. The van der Waals surface area contributed by atoms with E-state index in [4.69, 9.17) is 0 Å². The maximum atomic E-state index is 12.8. The molecular weight excluding hydrogens is 313 g/mol. The third kappa shape index (κ3) is 4.71. The Kier molecular flexibility index (Phi) is 5.86. The van der Waals surface area contributed by atoms with Crippen molar-refractivity contribution in [2.75, 3.05) is 26.2 Å². The average Bonchev–Trinajstić information content (AvgIpc) is 2.98. The van der Waals surface area contributed by atoms with Crippen molar-refractivity contribution in [2.45, 2.75) is 32.5 Å². The van der Waals surface area contributed by atoms with Gasteiger partial charge in [-0.15, -0.1) is 11.3 Å². The summed E-state index contributed by atoms with van der Waals surface area (Å²) in [5.41, 5.74) is 0.